The molecule has 2 heteroatoms. The standard InChI is InChI=1S/C16H30N2/c1-14(15-9-6-4-5-7-10-15)18-12-8-11-16(2,3)13-17/h14-15,18H,4-12H2,1-3H3/t14-/m0/s1. The molecule has 1 rings (SSSR count). The summed E-state index contributed by atoms with van der Waals surface area (Å²) >= 11 is 0. The van der Waals surface area contributed by atoms with E-state index in [2.05, 4.69) is 18.3 Å². The van der Waals surface area contributed by atoms with Crippen molar-refractivity contribution in [3.05, 3.63) is 0 Å². The van der Waals surface area contributed by atoms with E-state index >= 15 is 0 Å². The average molecular weight is 250 g/mol. The first-order chi connectivity index (χ1) is 8.55. The molecule has 0 radical (unpaired) electrons. The molecule has 0 saturated heterocycles. The summed E-state index contributed by atoms with van der Waals surface area (Å²) in [5, 5.41) is 12.6. The first-order valence-electron chi connectivity index (χ1n) is 7.70. The minimum atomic E-state index is -0.159. The Kier molecular flexibility index (Phi) is 6.71. The molecule has 0 spiro atoms. The van der Waals surface area contributed by atoms with Crippen molar-refractivity contribution in [1.82, 2.24) is 5.32 Å². The predicted molar refractivity (Wildman–Crippen MR) is 77.3 cm³/mol. The number of nitriles is 1. The Morgan fingerprint density at radius 3 is 2.39 bits per heavy atom. The van der Waals surface area contributed by atoms with E-state index in [0.717, 1.165) is 25.3 Å². The Bertz CT molecular complexity index is 257. The first kappa shape index (κ1) is 15.5. The van der Waals surface area contributed by atoms with E-state index in [-0.39, 0.29) is 5.41 Å². The van der Waals surface area contributed by atoms with Crippen LogP contribution in [0.4, 0.5) is 0 Å². The van der Waals surface area contributed by atoms with Gasteiger partial charge in [0.2, 0.25) is 0 Å². The van der Waals surface area contributed by atoms with Crippen LogP contribution in [0.3, 0.4) is 0 Å². The Labute approximate surface area is 113 Å². The fourth-order valence-electron chi connectivity index (χ4n) is 2.89. The van der Waals surface area contributed by atoms with Crippen LogP contribution in [-0.4, -0.2) is 12.6 Å². The molecular formula is C16H30N2. The van der Waals surface area contributed by atoms with Crippen LogP contribution in [0.2, 0.25) is 0 Å². The highest BCUT2D eigenvalue weighted by Crippen LogP contribution is 2.25. The van der Waals surface area contributed by atoms with Crippen LogP contribution in [0.25, 0.3) is 0 Å². The van der Waals surface area contributed by atoms with Crippen molar-refractivity contribution in [2.75, 3.05) is 6.54 Å². The zero-order chi connectivity index (χ0) is 13.4. The van der Waals surface area contributed by atoms with E-state index in [1.54, 1.807) is 0 Å². The molecule has 0 aromatic carbocycles. The lowest BCUT2D eigenvalue weighted by molar-refractivity contribution is 0.328. The highest BCUT2D eigenvalue weighted by molar-refractivity contribution is 4.91. The molecule has 1 aliphatic rings. The fourth-order valence-corrected chi connectivity index (χ4v) is 2.89. The molecule has 0 aliphatic heterocycles. The SMILES string of the molecule is C[C@H](NCCCC(C)(C)C#N)C1CCCCCC1. The molecule has 1 saturated carbocycles. The molecule has 0 aromatic rings. The van der Waals surface area contributed by atoms with Gasteiger partial charge < -0.3 is 5.32 Å². The molecule has 0 heterocycles. The second-order valence-corrected chi connectivity index (χ2v) is 6.59. The maximum atomic E-state index is 8.97. The summed E-state index contributed by atoms with van der Waals surface area (Å²) in [6, 6.07) is 3.02. The van der Waals surface area contributed by atoms with Gasteiger partial charge in [0, 0.05) is 6.04 Å². The van der Waals surface area contributed by atoms with E-state index in [1.807, 2.05) is 13.8 Å². The smallest absolute Gasteiger partial charge is 0.0683 e. The maximum absolute atomic E-state index is 8.97. The third-order valence-corrected chi connectivity index (χ3v) is 4.35. The van der Waals surface area contributed by atoms with Gasteiger partial charge in [-0.15, -0.1) is 0 Å². The molecule has 1 fully saturated rings. The van der Waals surface area contributed by atoms with Crippen LogP contribution in [-0.2, 0) is 0 Å². The van der Waals surface area contributed by atoms with Gasteiger partial charge in [-0.1, -0.05) is 25.7 Å². The monoisotopic (exact) mass is 250 g/mol. The lowest BCUT2D eigenvalue weighted by Crippen LogP contribution is -2.34. The second-order valence-electron chi connectivity index (χ2n) is 6.59. The topological polar surface area (TPSA) is 35.8 Å². The quantitative estimate of drug-likeness (QED) is 0.564. The largest absolute Gasteiger partial charge is 0.314 e. The minimum absolute atomic E-state index is 0.159. The zero-order valence-corrected chi connectivity index (χ0v) is 12.5. The van der Waals surface area contributed by atoms with Crippen LogP contribution >= 0.6 is 0 Å². The minimum Gasteiger partial charge on any atom is -0.314 e. The molecule has 1 N–H and O–H groups in total. The van der Waals surface area contributed by atoms with E-state index in [9.17, 15) is 0 Å². The van der Waals surface area contributed by atoms with Crippen molar-refractivity contribution in [1.29, 1.82) is 5.26 Å². The van der Waals surface area contributed by atoms with Gasteiger partial charge in [0.15, 0.2) is 0 Å². The Hall–Kier alpha value is -0.550. The Morgan fingerprint density at radius 1 is 1.22 bits per heavy atom. The van der Waals surface area contributed by atoms with Crippen molar-refractivity contribution in [3.63, 3.8) is 0 Å². The summed E-state index contributed by atoms with van der Waals surface area (Å²) in [6.45, 7) is 7.46. The third-order valence-electron chi connectivity index (χ3n) is 4.35. The molecule has 0 amide bonds. The van der Waals surface area contributed by atoms with Gasteiger partial charge in [-0.25, -0.2) is 0 Å². The van der Waals surface area contributed by atoms with Gasteiger partial charge in [-0.05, 0) is 58.9 Å². The molecule has 18 heavy (non-hydrogen) atoms. The van der Waals surface area contributed by atoms with Crippen molar-refractivity contribution in [3.8, 4) is 6.07 Å². The van der Waals surface area contributed by atoms with Crippen LogP contribution in [0.5, 0.6) is 0 Å². The van der Waals surface area contributed by atoms with Crippen molar-refractivity contribution in [2.45, 2.75) is 78.2 Å². The third kappa shape index (κ3) is 5.87. The number of hydrogen-bond acceptors (Lipinski definition) is 2. The van der Waals surface area contributed by atoms with Gasteiger partial charge in [-0.2, -0.15) is 5.26 Å². The zero-order valence-electron chi connectivity index (χ0n) is 12.5. The summed E-state index contributed by atoms with van der Waals surface area (Å²) in [6.07, 6.45) is 10.6. The Balaban J connectivity index is 2.16. The second kappa shape index (κ2) is 7.79. The molecule has 0 bridgehead atoms. The van der Waals surface area contributed by atoms with E-state index < -0.39 is 0 Å². The molecule has 0 unspecified atom stereocenters. The van der Waals surface area contributed by atoms with E-state index in [4.69, 9.17) is 5.26 Å². The van der Waals surface area contributed by atoms with Crippen LogP contribution < -0.4 is 5.32 Å². The molecule has 1 atom stereocenters. The van der Waals surface area contributed by atoms with Crippen molar-refractivity contribution >= 4 is 0 Å². The Morgan fingerprint density at radius 2 is 1.83 bits per heavy atom. The van der Waals surface area contributed by atoms with Gasteiger partial charge in [0.1, 0.15) is 0 Å². The fraction of sp³-hybridized carbons (Fsp3) is 0.938. The molecular weight excluding hydrogens is 220 g/mol. The summed E-state index contributed by atoms with van der Waals surface area (Å²) in [7, 11) is 0. The van der Waals surface area contributed by atoms with Gasteiger partial charge in [0.05, 0.1) is 11.5 Å². The van der Waals surface area contributed by atoms with Crippen molar-refractivity contribution < 1.29 is 0 Å². The van der Waals surface area contributed by atoms with E-state index in [0.29, 0.717) is 6.04 Å². The molecule has 1 aliphatic carbocycles. The highest BCUT2D eigenvalue weighted by atomic mass is 14.9. The maximum Gasteiger partial charge on any atom is 0.0683 e. The summed E-state index contributed by atoms with van der Waals surface area (Å²) < 4.78 is 0. The lowest BCUT2D eigenvalue weighted by atomic mass is 9.89. The first-order valence-corrected chi connectivity index (χ1v) is 7.70. The lowest BCUT2D eigenvalue weighted by Gasteiger charge is -2.24. The number of hydrogen-bond donors (Lipinski definition) is 1. The summed E-state index contributed by atoms with van der Waals surface area (Å²) in [5.41, 5.74) is -0.159. The highest BCUT2D eigenvalue weighted by Gasteiger charge is 2.19. The van der Waals surface area contributed by atoms with E-state index in [1.165, 1.54) is 38.5 Å². The van der Waals surface area contributed by atoms with Gasteiger partial charge >= 0.3 is 0 Å². The average Bonchev–Trinajstić information content (AvgIpc) is 2.63. The summed E-state index contributed by atoms with van der Waals surface area (Å²) in [5.74, 6) is 0.872. The normalized spacial score (nSPS) is 20.1. The van der Waals surface area contributed by atoms with Gasteiger partial charge in [0.25, 0.3) is 0 Å². The van der Waals surface area contributed by atoms with Gasteiger partial charge in [-0.3, -0.25) is 0 Å². The van der Waals surface area contributed by atoms with Crippen molar-refractivity contribution in [2.24, 2.45) is 11.3 Å². The molecule has 0 aromatic heterocycles. The predicted octanol–water partition coefficient (Wildman–Crippen LogP) is 4.26. The summed E-state index contributed by atoms with van der Waals surface area (Å²) in [4.78, 5) is 0. The van der Waals surface area contributed by atoms with Crippen LogP contribution in [0.15, 0.2) is 0 Å². The molecule has 2 nitrogen and oxygen atoms in total. The number of nitrogens with one attached hydrogen (secondary N) is 1. The number of rotatable bonds is 6. The van der Waals surface area contributed by atoms with Crippen LogP contribution in [0, 0.1) is 22.7 Å². The molecule has 104 valence electrons. The van der Waals surface area contributed by atoms with Crippen LogP contribution in [0.1, 0.15) is 72.1 Å². The number of nitrogens with zero attached hydrogens (tertiary/aromatic N) is 1.